The highest BCUT2D eigenvalue weighted by molar-refractivity contribution is 5.95. The number of nitrogens with zero attached hydrogens (tertiary/aromatic N) is 2. The normalized spacial score (nSPS) is 24.0. The second-order valence-electron chi connectivity index (χ2n) is 6.04. The van der Waals surface area contributed by atoms with Crippen molar-refractivity contribution in [2.45, 2.75) is 45.1 Å². The van der Waals surface area contributed by atoms with Gasteiger partial charge in [-0.1, -0.05) is 6.42 Å². The molecular weight excluding hydrogens is 268 g/mol. The van der Waals surface area contributed by atoms with Crippen molar-refractivity contribution in [3.8, 4) is 0 Å². The maximum atomic E-state index is 11.9. The van der Waals surface area contributed by atoms with Crippen LogP contribution in [0.3, 0.4) is 0 Å². The molecule has 2 fully saturated rings. The third-order valence-electron chi connectivity index (χ3n) is 4.35. The minimum atomic E-state index is -0.394. The lowest BCUT2D eigenvalue weighted by molar-refractivity contribution is -0.121. The van der Waals surface area contributed by atoms with Gasteiger partial charge in [-0.15, -0.1) is 0 Å². The highest BCUT2D eigenvalue weighted by Gasteiger charge is 2.28. The number of nitrogens with one attached hydrogen (secondary N) is 2. The van der Waals surface area contributed by atoms with Crippen molar-refractivity contribution >= 4 is 11.9 Å². The number of likely N-dealkylation sites (tertiary alicyclic amines) is 2. The molecule has 0 bridgehead atoms. The molecule has 2 saturated heterocycles. The molecule has 120 valence electrons. The lowest BCUT2D eigenvalue weighted by Gasteiger charge is -2.32. The van der Waals surface area contributed by atoms with Gasteiger partial charge in [0.2, 0.25) is 5.91 Å². The molecule has 0 aromatic carbocycles. The van der Waals surface area contributed by atoms with Crippen molar-refractivity contribution in [3.05, 3.63) is 0 Å². The summed E-state index contributed by atoms with van der Waals surface area (Å²) in [7, 11) is 0. The highest BCUT2D eigenvalue weighted by atomic mass is 16.2. The lowest BCUT2D eigenvalue weighted by Crippen LogP contribution is -2.48. The molecule has 3 amide bonds. The van der Waals surface area contributed by atoms with Crippen LogP contribution < -0.4 is 10.6 Å². The van der Waals surface area contributed by atoms with Crippen molar-refractivity contribution in [1.82, 2.24) is 20.4 Å². The zero-order valence-corrected chi connectivity index (χ0v) is 13.1. The van der Waals surface area contributed by atoms with Gasteiger partial charge >= 0.3 is 6.03 Å². The van der Waals surface area contributed by atoms with Crippen LogP contribution in [0.1, 0.15) is 39.0 Å². The molecule has 2 aliphatic rings. The summed E-state index contributed by atoms with van der Waals surface area (Å²) in [6.45, 7) is 7.09. The van der Waals surface area contributed by atoms with E-state index in [0.717, 1.165) is 25.9 Å². The van der Waals surface area contributed by atoms with Crippen LogP contribution in [0, 0.1) is 0 Å². The van der Waals surface area contributed by atoms with Gasteiger partial charge in [0.25, 0.3) is 0 Å². The predicted octanol–water partition coefficient (Wildman–Crippen LogP) is 0.782. The van der Waals surface area contributed by atoms with E-state index < -0.39 is 6.03 Å². The average Bonchev–Trinajstić information content (AvgIpc) is 2.87. The van der Waals surface area contributed by atoms with Gasteiger partial charge in [0, 0.05) is 19.1 Å². The van der Waals surface area contributed by atoms with Crippen LogP contribution >= 0.6 is 0 Å². The molecule has 0 aromatic rings. The maximum absolute atomic E-state index is 11.9. The number of amides is 3. The number of carbonyl (C=O) groups excluding carboxylic acids is 2. The minimum absolute atomic E-state index is 0.202. The summed E-state index contributed by atoms with van der Waals surface area (Å²) in [5, 5.41) is 4.97. The van der Waals surface area contributed by atoms with Crippen molar-refractivity contribution in [2.24, 2.45) is 0 Å². The van der Waals surface area contributed by atoms with Crippen LogP contribution in [-0.2, 0) is 4.79 Å². The second-order valence-corrected chi connectivity index (χ2v) is 6.04. The zero-order chi connectivity index (χ0) is 15.1. The molecule has 0 aromatic heterocycles. The zero-order valence-electron chi connectivity index (χ0n) is 13.1. The Balaban J connectivity index is 1.75. The Morgan fingerprint density at radius 2 is 1.86 bits per heavy atom. The number of hydrogen-bond acceptors (Lipinski definition) is 4. The quantitative estimate of drug-likeness (QED) is 0.787. The molecule has 0 saturated carbocycles. The molecule has 0 aliphatic carbocycles. The van der Waals surface area contributed by atoms with Gasteiger partial charge < -0.3 is 10.2 Å². The van der Waals surface area contributed by atoms with Crippen molar-refractivity contribution in [1.29, 1.82) is 0 Å². The first-order valence-corrected chi connectivity index (χ1v) is 8.23. The van der Waals surface area contributed by atoms with Gasteiger partial charge in [-0.3, -0.25) is 15.0 Å². The van der Waals surface area contributed by atoms with E-state index in [1.165, 1.54) is 32.4 Å². The summed E-state index contributed by atoms with van der Waals surface area (Å²) in [4.78, 5) is 28.0. The number of imide groups is 1. The van der Waals surface area contributed by atoms with Crippen LogP contribution in [-0.4, -0.2) is 67.0 Å². The summed E-state index contributed by atoms with van der Waals surface area (Å²) in [5.74, 6) is -0.202. The van der Waals surface area contributed by atoms with Gasteiger partial charge in [-0.25, -0.2) is 4.79 Å². The molecular formula is C15H28N4O2. The Bertz CT molecular complexity index is 356. The Morgan fingerprint density at radius 1 is 1.10 bits per heavy atom. The third kappa shape index (κ3) is 5.28. The molecule has 0 spiro atoms. The van der Waals surface area contributed by atoms with E-state index in [9.17, 15) is 9.59 Å². The fourth-order valence-electron chi connectivity index (χ4n) is 3.31. The molecule has 0 radical (unpaired) electrons. The SMILES string of the molecule is CCNC(=O)NC(=O)CN1CCC[C@@H]1CN1CCCCC1. The van der Waals surface area contributed by atoms with Crippen LogP contribution in [0.4, 0.5) is 4.79 Å². The minimum Gasteiger partial charge on any atom is -0.338 e. The Hall–Kier alpha value is -1.14. The first-order chi connectivity index (χ1) is 10.2. The van der Waals surface area contributed by atoms with E-state index in [-0.39, 0.29) is 5.91 Å². The number of rotatable bonds is 5. The average molecular weight is 296 g/mol. The van der Waals surface area contributed by atoms with Crippen LogP contribution in [0.5, 0.6) is 0 Å². The summed E-state index contributed by atoms with van der Waals surface area (Å²) < 4.78 is 0. The summed E-state index contributed by atoms with van der Waals surface area (Å²) in [6, 6.07) is 0.0670. The molecule has 21 heavy (non-hydrogen) atoms. The van der Waals surface area contributed by atoms with E-state index >= 15 is 0 Å². The molecule has 2 N–H and O–H groups in total. The van der Waals surface area contributed by atoms with E-state index in [4.69, 9.17) is 0 Å². The van der Waals surface area contributed by atoms with Gasteiger partial charge in [0.1, 0.15) is 0 Å². The first-order valence-electron chi connectivity index (χ1n) is 8.23. The molecule has 6 nitrogen and oxygen atoms in total. The van der Waals surface area contributed by atoms with Crippen molar-refractivity contribution in [2.75, 3.05) is 39.3 Å². The van der Waals surface area contributed by atoms with Gasteiger partial charge in [0.15, 0.2) is 0 Å². The van der Waals surface area contributed by atoms with E-state index in [0.29, 0.717) is 19.1 Å². The molecule has 2 rings (SSSR count). The largest absolute Gasteiger partial charge is 0.338 e. The number of urea groups is 1. The number of hydrogen-bond donors (Lipinski definition) is 2. The summed E-state index contributed by atoms with van der Waals surface area (Å²) in [5.41, 5.74) is 0. The monoisotopic (exact) mass is 296 g/mol. The van der Waals surface area contributed by atoms with Gasteiger partial charge in [0.05, 0.1) is 6.54 Å². The molecule has 6 heteroatoms. The molecule has 2 aliphatic heterocycles. The molecule has 2 heterocycles. The number of carbonyl (C=O) groups is 2. The predicted molar refractivity (Wildman–Crippen MR) is 82.1 cm³/mol. The third-order valence-corrected chi connectivity index (χ3v) is 4.35. The number of piperidine rings is 1. The van der Waals surface area contributed by atoms with Crippen LogP contribution in [0.25, 0.3) is 0 Å². The maximum Gasteiger partial charge on any atom is 0.321 e. The smallest absolute Gasteiger partial charge is 0.321 e. The highest BCUT2D eigenvalue weighted by Crippen LogP contribution is 2.19. The van der Waals surface area contributed by atoms with E-state index in [1.54, 1.807) is 0 Å². The second kappa shape index (κ2) is 8.34. The van der Waals surface area contributed by atoms with Crippen LogP contribution in [0.15, 0.2) is 0 Å². The van der Waals surface area contributed by atoms with Gasteiger partial charge in [-0.2, -0.15) is 0 Å². The summed E-state index contributed by atoms with van der Waals surface area (Å²) in [6.07, 6.45) is 6.24. The van der Waals surface area contributed by atoms with Crippen molar-refractivity contribution < 1.29 is 9.59 Å². The standard InChI is InChI=1S/C15H28N4O2/c1-2-16-15(21)17-14(20)12-19-10-6-7-13(19)11-18-8-4-3-5-9-18/h13H,2-12H2,1H3,(H2,16,17,20,21)/t13-/m1/s1. The Kier molecular flexibility index (Phi) is 6.45. The Labute approximate surface area is 127 Å². The van der Waals surface area contributed by atoms with Crippen LogP contribution in [0.2, 0.25) is 0 Å². The van der Waals surface area contributed by atoms with Gasteiger partial charge in [-0.05, 0) is 52.2 Å². The summed E-state index contributed by atoms with van der Waals surface area (Å²) >= 11 is 0. The lowest BCUT2D eigenvalue weighted by atomic mass is 10.1. The van der Waals surface area contributed by atoms with E-state index in [2.05, 4.69) is 20.4 Å². The first kappa shape index (κ1) is 16.2. The molecule has 0 unspecified atom stereocenters. The van der Waals surface area contributed by atoms with E-state index in [1.807, 2.05) is 6.92 Å². The topological polar surface area (TPSA) is 64.7 Å². The Morgan fingerprint density at radius 3 is 2.57 bits per heavy atom. The fraction of sp³-hybridized carbons (Fsp3) is 0.867. The fourth-order valence-corrected chi connectivity index (χ4v) is 3.31. The van der Waals surface area contributed by atoms with Crippen molar-refractivity contribution in [3.63, 3.8) is 0 Å². The molecule has 1 atom stereocenters.